The van der Waals surface area contributed by atoms with Crippen LogP contribution in [0.2, 0.25) is 0 Å². The van der Waals surface area contributed by atoms with Crippen LogP contribution in [-0.4, -0.2) is 0 Å². The Morgan fingerprint density at radius 1 is 0.895 bits per heavy atom. The van der Waals surface area contributed by atoms with E-state index in [4.69, 9.17) is 4.42 Å². The number of hydrogen-bond donors (Lipinski definition) is 1. The first-order valence-corrected chi connectivity index (χ1v) is 7.48. The van der Waals surface area contributed by atoms with E-state index in [1.54, 1.807) is 0 Å². The number of fused-ring (bicyclic) bond motifs is 1. The molecule has 0 saturated heterocycles. The summed E-state index contributed by atoms with van der Waals surface area (Å²) in [6.45, 7) is 0.664. The lowest BCUT2D eigenvalue weighted by Crippen LogP contribution is -1.98. The zero-order valence-electron chi connectivity index (χ0n) is 9.99. The average molecular weight is 381 g/mol. The summed E-state index contributed by atoms with van der Waals surface area (Å²) < 4.78 is 7.35. The van der Waals surface area contributed by atoms with Gasteiger partial charge in [0.1, 0.15) is 5.76 Å². The van der Waals surface area contributed by atoms with Crippen LogP contribution in [-0.2, 0) is 6.54 Å². The summed E-state index contributed by atoms with van der Waals surface area (Å²) in [5.41, 5.74) is 1.10. The molecule has 0 aliphatic carbocycles. The molecule has 0 radical (unpaired) electrons. The maximum atomic E-state index is 5.49. The molecule has 0 unspecified atom stereocenters. The molecule has 0 spiro atoms. The number of furan rings is 1. The molecule has 2 nitrogen and oxygen atoms in total. The molecule has 0 aliphatic rings. The molecule has 1 aromatic heterocycles. The predicted molar refractivity (Wildman–Crippen MR) is 85.4 cm³/mol. The molecule has 0 bridgehead atoms. The predicted octanol–water partition coefficient (Wildman–Crippen LogP) is 5.57. The van der Waals surface area contributed by atoms with E-state index in [1.165, 1.54) is 10.8 Å². The lowest BCUT2D eigenvalue weighted by molar-refractivity contribution is 0.495. The highest BCUT2D eigenvalue weighted by molar-refractivity contribution is 9.10. The van der Waals surface area contributed by atoms with Gasteiger partial charge in [0, 0.05) is 15.5 Å². The number of nitrogens with one attached hydrogen (secondary N) is 1. The molecule has 0 saturated carbocycles. The highest BCUT2D eigenvalue weighted by Crippen LogP contribution is 2.30. The van der Waals surface area contributed by atoms with Gasteiger partial charge >= 0.3 is 0 Å². The van der Waals surface area contributed by atoms with Crippen molar-refractivity contribution in [3.63, 3.8) is 0 Å². The van der Waals surface area contributed by atoms with Gasteiger partial charge < -0.3 is 9.73 Å². The Hall–Kier alpha value is -1.26. The van der Waals surface area contributed by atoms with E-state index in [2.05, 4.69) is 61.4 Å². The minimum absolute atomic E-state index is 0.664. The van der Waals surface area contributed by atoms with E-state index >= 15 is 0 Å². The molecule has 0 fully saturated rings. The molecule has 0 amide bonds. The molecule has 1 N–H and O–H groups in total. The van der Waals surface area contributed by atoms with Crippen LogP contribution in [0.5, 0.6) is 0 Å². The fourth-order valence-corrected chi connectivity index (χ4v) is 2.86. The maximum Gasteiger partial charge on any atom is 0.169 e. The summed E-state index contributed by atoms with van der Waals surface area (Å²) in [5, 5.41) is 5.81. The van der Waals surface area contributed by atoms with Crippen LogP contribution in [0.3, 0.4) is 0 Å². The molecule has 3 rings (SSSR count). The highest BCUT2D eigenvalue weighted by Gasteiger charge is 2.05. The standard InChI is InChI=1S/C15H11Br2NO/c16-13-6-7-14(12-4-2-1-3-11(12)13)18-9-10-5-8-15(17)19-10/h1-8,18H,9H2. The zero-order chi connectivity index (χ0) is 13.2. The number of halogens is 2. The molecule has 2 aromatic carbocycles. The molecule has 19 heavy (non-hydrogen) atoms. The van der Waals surface area contributed by atoms with Gasteiger partial charge in [-0.15, -0.1) is 0 Å². The molecular formula is C15H11Br2NO. The third-order valence-corrected chi connectivity index (χ3v) is 4.07. The SMILES string of the molecule is Brc1ccc(CNc2ccc(Br)c3ccccc23)o1. The van der Waals surface area contributed by atoms with Crippen LogP contribution in [0.4, 0.5) is 5.69 Å². The second-order valence-corrected chi connectivity index (χ2v) is 5.84. The third-order valence-electron chi connectivity index (χ3n) is 2.95. The quantitative estimate of drug-likeness (QED) is 0.642. The minimum atomic E-state index is 0.664. The van der Waals surface area contributed by atoms with Crippen molar-refractivity contribution >= 4 is 48.3 Å². The van der Waals surface area contributed by atoms with Gasteiger partial charge in [0.15, 0.2) is 4.67 Å². The molecule has 1 heterocycles. The van der Waals surface area contributed by atoms with Crippen LogP contribution in [0.15, 0.2) is 62.1 Å². The lowest BCUT2D eigenvalue weighted by atomic mass is 10.1. The van der Waals surface area contributed by atoms with E-state index in [0.29, 0.717) is 6.54 Å². The first kappa shape index (κ1) is 12.8. The number of hydrogen-bond acceptors (Lipinski definition) is 2. The molecule has 3 aromatic rings. The van der Waals surface area contributed by atoms with E-state index < -0.39 is 0 Å². The second-order valence-electron chi connectivity index (χ2n) is 4.20. The maximum absolute atomic E-state index is 5.49. The molecule has 4 heteroatoms. The number of rotatable bonds is 3. The number of benzene rings is 2. The third kappa shape index (κ3) is 2.69. The van der Waals surface area contributed by atoms with Crippen molar-refractivity contribution in [2.24, 2.45) is 0 Å². The van der Waals surface area contributed by atoms with Gasteiger partial charge in [-0.05, 0) is 45.6 Å². The Bertz CT molecular complexity index is 721. The molecule has 0 atom stereocenters. The van der Waals surface area contributed by atoms with Gasteiger partial charge in [0.2, 0.25) is 0 Å². The van der Waals surface area contributed by atoms with Crippen LogP contribution in [0, 0.1) is 0 Å². The van der Waals surface area contributed by atoms with Crippen LogP contribution < -0.4 is 5.32 Å². The summed E-state index contributed by atoms with van der Waals surface area (Å²) in [5.74, 6) is 0.902. The van der Waals surface area contributed by atoms with E-state index in [0.717, 1.165) is 20.6 Å². The van der Waals surface area contributed by atoms with Gasteiger partial charge in [-0.3, -0.25) is 0 Å². The van der Waals surface area contributed by atoms with Crippen molar-refractivity contribution < 1.29 is 4.42 Å². The monoisotopic (exact) mass is 379 g/mol. The van der Waals surface area contributed by atoms with E-state index in [9.17, 15) is 0 Å². The normalized spacial score (nSPS) is 10.8. The van der Waals surface area contributed by atoms with Crippen LogP contribution in [0.1, 0.15) is 5.76 Å². The largest absolute Gasteiger partial charge is 0.452 e. The summed E-state index contributed by atoms with van der Waals surface area (Å²) in [7, 11) is 0. The van der Waals surface area contributed by atoms with Gasteiger partial charge in [-0.25, -0.2) is 0 Å². The van der Waals surface area contributed by atoms with Crippen molar-refractivity contribution in [2.75, 3.05) is 5.32 Å². The lowest BCUT2D eigenvalue weighted by Gasteiger charge is -2.09. The Kier molecular flexibility index (Phi) is 3.62. The van der Waals surface area contributed by atoms with Crippen molar-refractivity contribution in [3.8, 4) is 0 Å². The first-order valence-electron chi connectivity index (χ1n) is 5.89. The van der Waals surface area contributed by atoms with Crippen LogP contribution in [0.25, 0.3) is 10.8 Å². The zero-order valence-corrected chi connectivity index (χ0v) is 13.2. The summed E-state index contributed by atoms with van der Waals surface area (Å²) >= 11 is 6.88. The Labute approximate surface area is 128 Å². The topological polar surface area (TPSA) is 25.2 Å². The van der Waals surface area contributed by atoms with Crippen molar-refractivity contribution in [1.29, 1.82) is 0 Å². The summed E-state index contributed by atoms with van der Waals surface area (Å²) in [4.78, 5) is 0. The highest BCUT2D eigenvalue weighted by atomic mass is 79.9. The van der Waals surface area contributed by atoms with Gasteiger partial charge in [0.25, 0.3) is 0 Å². The van der Waals surface area contributed by atoms with E-state index in [1.807, 2.05) is 24.3 Å². The van der Waals surface area contributed by atoms with Crippen molar-refractivity contribution in [3.05, 3.63) is 63.4 Å². The van der Waals surface area contributed by atoms with Gasteiger partial charge in [-0.2, -0.15) is 0 Å². The molecule has 96 valence electrons. The van der Waals surface area contributed by atoms with Crippen molar-refractivity contribution in [1.82, 2.24) is 0 Å². The molecule has 0 aliphatic heterocycles. The van der Waals surface area contributed by atoms with Crippen LogP contribution >= 0.6 is 31.9 Å². The Morgan fingerprint density at radius 2 is 1.68 bits per heavy atom. The van der Waals surface area contributed by atoms with Crippen molar-refractivity contribution in [2.45, 2.75) is 6.54 Å². The summed E-state index contributed by atoms with van der Waals surface area (Å²) in [6, 6.07) is 16.3. The summed E-state index contributed by atoms with van der Waals surface area (Å²) in [6.07, 6.45) is 0. The average Bonchev–Trinajstić information content (AvgIpc) is 2.84. The fourth-order valence-electron chi connectivity index (χ4n) is 2.05. The Morgan fingerprint density at radius 3 is 2.42 bits per heavy atom. The van der Waals surface area contributed by atoms with Gasteiger partial charge in [-0.1, -0.05) is 40.2 Å². The second kappa shape index (κ2) is 5.39. The minimum Gasteiger partial charge on any atom is -0.452 e. The van der Waals surface area contributed by atoms with E-state index in [-0.39, 0.29) is 0 Å². The smallest absolute Gasteiger partial charge is 0.169 e. The fraction of sp³-hybridized carbons (Fsp3) is 0.0667. The Balaban J connectivity index is 1.91. The first-order chi connectivity index (χ1) is 9.24. The molecular weight excluding hydrogens is 370 g/mol. The van der Waals surface area contributed by atoms with Gasteiger partial charge in [0.05, 0.1) is 6.54 Å². The number of anilines is 1.